The zero-order chi connectivity index (χ0) is 28.4. The first-order chi connectivity index (χ1) is 19.1. The highest BCUT2D eigenvalue weighted by Gasteiger charge is 2.32. The highest BCUT2D eigenvalue weighted by atomic mass is 16.6. The zero-order valence-electron chi connectivity index (χ0n) is 24.3. The Morgan fingerprint density at radius 1 is 1.02 bits per heavy atom. The van der Waals surface area contributed by atoms with E-state index in [0.29, 0.717) is 37.9 Å². The minimum absolute atomic E-state index is 0.0209. The largest absolute Gasteiger partial charge is 0.444 e. The fourth-order valence-corrected chi connectivity index (χ4v) is 4.91. The molecule has 1 saturated heterocycles. The number of carbonyl (C=O) groups is 1. The van der Waals surface area contributed by atoms with Gasteiger partial charge >= 0.3 is 6.09 Å². The van der Waals surface area contributed by atoms with Crippen molar-refractivity contribution in [2.24, 2.45) is 0 Å². The van der Waals surface area contributed by atoms with Gasteiger partial charge in [0.2, 0.25) is 5.95 Å². The number of nitrogens with one attached hydrogen (secondary N) is 1. The molecule has 4 aromatic rings. The van der Waals surface area contributed by atoms with Crippen LogP contribution in [0.1, 0.15) is 53.1 Å². The molecule has 0 bridgehead atoms. The van der Waals surface area contributed by atoms with Crippen LogP contribution in [-0.2, 0) is 11.3 Å². The number of rotatable bonds is 6. The number of aromatic nitrogens is 4. The van der Waals surface area contributed by atoms with Crippen molar-refractivity contribution < 1.29 is 9.53 Å². The average Bonchev–Trinajstić information content (AvgIpc) is 3.36. The van der Waals surface area contributed by atoms with E-state index in [4.69, 9.17) is 14.7 Å². The Bertz CT molecular complexity index is 1460. The summed E-state index contributed by atoms with van der Waals surface area (Å²) in [5.41, 5.74) is 4.55. The Kier molecular flexibility index (Phi) is 7.65. The number of carbonyl (C=O) groups excluding carboxylic acids is 1. The number of nitrogens with zero attached hydrogens (tertiary/aromatic N) is 6. The number of anilines is 2. The smallest absolute Gasteiger partial charge is 0.410 e. The summed E-state index contributed by atoms with van der Waals surface area (Å²) in [6.45, 7) is 14.3. The maximum atomic E-state index is 12.7. The molecule has 3 heterocycles. The van der Waals surface area contributed by atoms with Crippen LogP contribution in [0.25, 0.3) is 22.3 Å². The summed E-state index contributed by atoms with van der Waals surface area (Å²) in [6, 6.07) is 19.2. The Morgan fingerprint density at radius 3 is 2.38 bits per heavy atom. The Morgan fingerprint density at radius 2 is 1.73 bits per heavy atom. The van der Waals surface area contributed by atoms with Gasteiger partial charge in [0.1, 0.15) is 5.60 Å². The molecule has 9 nitrogen and oxygen atoms in total. The lowest BCUT2D eigenvalue weighted by Gasteiger charge is -2.40. The lowest BCUT2D eigenvalue weighted by molar-refractivity contribution is 0.0218. The Hall–Kier alpha value is -4.14. The van der Waals surface area contributed by atoms with Gasteiger partial charge in [-0.3, -0.25) is 0 Å². The maximum Gasteiger partial charge on any atom is 0.410 e. The normalized spacial score (nSPS) is 16.0. The summed E-state index contributed by atoms with van der Waals surface area (Å²) in [5.74, 6) is 1.33. The van der Waals surface area contributed by atoms with Crippen LogP contribution in [0.4, 0.5) is 16.6 Å². The van der Waals surface area contributed by atoms with Crippen molar-refractivity contribution in [3.63, 3.8) is 0 Å². The second-order valence-electron chi connectivity index (χ2n) is 11.7. The fraction of sp³-hybridized carbons (Fsp3) is 0.419. The molecule has 2 aromatic heterocycles. The van der Waals surface area contributed by atoms with Gasteiger partial charge in [0.25, 0.3) is 0 Å². The number of benzene rings is 2. The van der Waals surface area contributed by atoms with Crippen molar-refractivity contribution >= 4 is 29.0 Å². The highest BCUT2D eigenvalue weighted by molar-refractivity contribution is 5.84. The van der Waals surface area contributed by atoms with Gasteiger partial charge in [-0.05, 0) is 58.2 Å². The van der Waals surface area contributed by atoms with Crippen LogP contribution in [0.5, 0.6) is 0 Å². The summed E-state index contributed by atoms with van der Waals surface area (Å²) in [6.07, 6.45) is 1.55. The van der Waals surface area contributed by atoms with Crippen LogP contribution in [0.2, 0.25) is 0 Å². The van der Waals surface area contributed by atoms with E-state index in [-0.39, 0.29) is 18.2 Å². The van der Waals surface area contributed by atoms with Gasteiger partial charge in [0, 0.05) is 38.3 Å². The van der Waals surface area contributed by atoms with Gasteiger partial charge < -0.3 is 24.4 Å². The monoisotopic (exact) mass is 541 g/mol. The molecule has 1 N–H and O–H groups in total. The number of hydrogen-bond acceptors (Lipinski definition) is 7. The summed E-state index contributed by atoms with van der Waals surface area (Å²) >= 11 is 0. The van der Waals surface area contributed by atoms with Crippen molar-refractivity contribution in [2.45, 2.75) is 65.8 Å². The fourth-order valence-electron chi connectivity index (χ4n) is 4.91. The Labute approximate surface area is 236 Å². The first kappa shape index (κ1) is 27.4. The SMILES string of the molecule is CC(C)n1cnc2c(NCc3ccc(-c4ccccc4)cc3)nc(N3CCN(C(=O)OC(C)(C)C)C[C@@H]3C)nc21. The highest BCUT2D eigenvalue weighted by Crippen LogP contribution is 2.28. The van der Waals surface area contributed by atoms with E-state index in [1.165, 1.54) is 11.1 Å². The minimum atomic E-state index is -0.525. The molecule has 1 aliphatic rings. The van der Waals surface area contributed by atoms with E-state index in [0.717, 1.165) is 16.7 Å². The number of imidazole rings is 1. The molecule has 2 aromatic carbocycles. The van der Waals surface area contributed by atoms with Crippen LogP contribution in [0, 0.1) is 0 Å². The minimum Gasteiger partial charge on any atom is -0.444 e. The molecule has 0 spiro atoms. The van der Waals surface area contributed by atoms with Gasteiger partial charge in [-0.1, -0.05) is 54.6 Å². The first-order valence-corrected chi connectivity index (χ1v) is 14.0. The van der Waals surface area contributed by atoms with Crippen molar-refractivity contribution in [1.82, 2.24) is 24.4 Å². The molecule has 0 aliphatic carbocycles. The van der Waals surface area contributed by atoms with Gasteiger partial charge in [-0.15, -0.1) is 0 Å². The first-order valence-electron chi connectivity index (χ1n) is 14.0. The molecule has 40 heavy (non-hydrogen) atoms. The van der Waals surface area contributed by atoms with Gasteiger partial charge in [-0.25, -0.2) is 9.78 Å². The second-order valence-corrected chi connectivity index (χ2v) is 11.7. The quantitative estimate of drug-likeness (QED) is 0.314. The standard InChI is InChI=1S/C31H39N7O2/c1-21(2)38-20-33-26-27(32-18-23-12-14-25(15-13-23)24-10-8-7-9-11-24)34-29(35-28(26)38)37-17-16-36(19-22(37)3)30(39)40-31(4,5)6/h7-15,20-22H,16-19H2,1-6H3,(H,32,34,35)/t22-/m0/s1. The van der Waals surface area contributed by atoms with E-state index < -0.39 is 5.60 Å². The third-order valence-corrected chi connectivity index (χ3v) is 7.02. The van der Waals surface area contributed by atoms with E-state index in [2.05, 4.69) is 89.1 Å². The molecule has 9 heteroatoms. The van der Waals surface area contributed by atoms with E-state index >= 15 is 0 Å². The molecule has 0 saturated carbocycles. The van der Waals surface area contributed by atoms with E-state index in [1.54, 1.807) is 4.90 Å². The molecule has 1 fully saturated rings. The number of hydrogen-bond donors (Lipinski definition) is 1. The van der Waals surface area contributed by atoms with Crippen molar-refractivity contribution in [3.05, 3.63) is 66.5 Å². The predicted molar refractivity (Wildman–Crippen MR) is 160 cm³/mol. The van der Waals surface area contributed by atoms with Crippen LogP contribution in [0.3, 0.4) is 0 Å². The number of ether oxygens (including phenoxy) is 1. The van der Waals surface area contributed by atoms with Crippen molar-refractivity contribution in [2.75, 3.05) is 29.9 Å². The third kappa shape index (κ3) is 6.03. The molecule has 0 unspecified atom stereocenters. The Balaban J connectivity index is 1.37. The van der Waals surface area contributed by atoms with E-state index in [9.17, 15) is 4.79 Å². The van der Waals surface area contributed by atoms with Crippen LogP contribution in [-0.4, -0.2) is 61.8 Å². The molecule has 5 rings (SSSR count). The summed E-state index contributed by atoms with van der Waals surface area (Å²) in [7, 11) is 0. The molecular formula is C31H39N7O2. The second kappa shape index (κ2) is 11.2. The predicted octanol–water partition coefficient (Wildman–Crippen LogP) is 6.13. The van der Waals surface area contributed by atoms with E-state index in [1.807, 2.05) is 33.2 Å². The number of fused-ring (bicyclic) bond motifs is 1. The molecule has 210 valence electrons. The molecule has 1 amide bonds. The molecule has 1 atom stereocenters. The maximum absolute atomic E-state index is 12.7. The number of amides is 1. The van der Waals surface area contributed by atoms with Gasteiger partial charge in [0.05, 0.1) is 6.33 Å². The van der Waals surface area contributed by atoms with Crippen LogP contribution < -0.4 is 10.2 Å². The summed E-state index contributed by atoms with van der Waals surface area (Å²) in [4.78, 5) is 31.2. The lowest BCUT2D eigenvalue weighted by atomic mass is 10.0. The summed E-state index contributed by atoms with van der Waals surface area (Å²) in [5, 5.41) is 3.52. The summed E-state index contributed by atoms with van der Waals surface area (Å²) < 4.78 is 7.67. The molecular weight excluding hydrogens is 502 g/mol. The zero-order valence-corrected chi connectivity index (χ0v) is 24.3. The van der Waals surface area contributed by atoms with Gasteiger partial charge in [-0.2, -0.15) is 9.97 Å². The van der Waals surface area contributed by atoms with Gasteiger partial charge in [0.15, 0.2) is 17.0 Å². The van der Waals surface area contributed by atoms with Crippen LogP contribution >= 0.6 is 0 Å². The average molecular weight is 542 g/mol. The van der Waals surface area contributed by atoms with Crippen molar-refractivity contribution in [3.8, 4) is 11.1 Å². The molecule has 0 radical (unpaired) electrons. The number of piperazine rings is 1. The van der Waals surface area contributed by atoms with Crippen molar-refractivity contribution in [1.29, 1.82) is 0 Å². The molecule has 1 aliphatic heterocycles. The van der Waals surface area contributed by atoms with Crippen LogP contribution in [0.15, 0.2) is 60.9 Å². The third-order valence-electron chi connectivity index (χ3n) is 7.02. The topological polar surface area (TPSA) is 88.4 Å². The lowest BCUT2D eigenvalue weighted by Crippen LogP contribution is -2.55.